The summed E-state index contributed by atoms with van der Waals surface area (Å²) in [5.41, 5.74) is 0.454. The summed E-state index contributed by atoms with van der Waals surface area (Å²) in [6, 6.07) is 1.64. The zero-order valence-corrected chi connectivity index (χ0v) is 10.6. The number of hydrogen-bond donors (Lipinski definition) is 2. The summed E-state index contributed by atoms with van der Waals surface area (Å²) < 4.78 is 2.13. The van der Waals surface area contributed by atoms with Gasteiger partial charge in [0.05, 0.1) is 6.54 Å². The van der Waals surface area contributed by atoms with Crippen molar-refractivity contribution in [2.75, 3.05) is 0 Å². The summed E-state index contributed by atoms with van der Waals surface area (Å²) in [5, 5.41) is 17.6. The number of rotatable bonds is 3. The topological polar surface area (TPSA) is 88.5 Å². The second kappa shape index (κ2) is 5.21. The van der Waals surface area contributed by atoms with Gasteiger partial charge >= 0.3 is 0 Å². The zero-order chi connectivity index (χ0) is 13.1. The minimum atomic E-state index is -0.177. The average molecular weight is 260 g/mol. The van der Waals surface area contributed by atoms with Crippen molar-refractivity contribution in [1.82, 2.24) is 30.3 Å². The van der Waals surface area contributed by atoms with Gasteiger partial charge in [-0.25, -0.2) is 0 Å². The van der Waals surface area contributed by atoms with Gasteiger partial charge in [-0.05, 0) is 18.9 Å². The molecule has 0 aliphatic carbocycles. The molecule has 0 saturated heterocycles. The van der Waals surface area contributed by atoms with E-state index in [0.717, 1.165) is 31.0 Å². The number of nitrogens with zero attached hydrogens (tertiary/aromatic N) is 4. The van der Waals surface area contributed by atoms with E-state index in [1.165, 1.54) is 12.8 Å². The standard InChI is InChI=1S/C12H16N6O/c19-12(9-5-6-14-15-9)13-8-11-17-16-10-4-2-1-3-7-18(10)11/h5-6H,1-4,7-8H2,(H,13,19)(H,14,15). The molecule has 0 aromatic carbocycles. The van der Waals surface area contributed by atoms with Crippen LogP contribution < -0.4 is 5.32 Å². The Labute approximate surface area is 110 Å². The van der Waals surface area contributed by atoms with Crippen LogP contribution in [-0.2, 0) is 19.5 Å². The Bertz CT molecular complexity index is 559. The van der Waals surface area contributed by atoms with Gasteiger partial charge in [0.2, 0.25) is 0 Å². The first-order valence-electron chi connectivity index (χ1n) is 6.53. The number of hydrogen-bond acceptors (Lipinski definition) is 4. The van der Waals surface area contributed by atoms with E-state index in [1.54, 1.807) is 12.3 Å². The third kappa shape index (κ3) is 2.49. The number of nitrogens with one attached hydrogen (secondary N) is 2. The van der Waals surface area contributed by atoms with Gasteiger partial charge in [-0.3, -0.25) is 9.89 Å². The van der Waals surface area contributed by atoms with Crippen molar-refractivity contribution in [3.63, 3.8) is 0 Å². The maximum absolute atomic E-state index is 11.8. The van der Waals surface area contributed by atoms with E-state index in [0.29, 0.717) is 12.2 Å². The first-order chi connectivity index (χ1) is 9.34. The van der Waals surface area contributed by atoms with E-state index in [-0.39, 0.29) is 5.91 Å². The molecule has 2 aromatic heterocycles. The molecule has 0 spiro atoms. The number of fused-ring (bicyclic) bond motifs is 1. The van der Waals surface area contributed by atoms with Crippen LogP contribution in [0.3, 0.4) is 0 Å². The molecule has 1 aliphatic rings. The van der Waals surface area contributed by atoms with Crippen LogP contribution in [0.5, 0.6) is 0 Å². The fraction of sp³-hybridized carbons (Fsp3) is 0.500. The average Bonchev–Trinajstić information content (AvgIpc) is 3.02. The lowest BCUT2D eigenvalue weighted by Crippen LogP contribution is -2.25. The normalized spacial score (nSPS) is 14.7. The third-order valence-corrected chi connectivity index (χ3v) is 3.34. The second-order valence-corrected chi connectivity index (χ2v) is 4.65. The molecule has 3 rings (SSSR count). The maximum Gasteiger partial charge on any atom is 0.269 e. The highest BCUT2D eigenvalue weighted by Gasteiger charge is 2.15. The number of carbonyl (C=O) groups excluding carboxylic acids is 1. The Morgan fingerprint density at radius 3 is 3.16 bits per heavy atom. The molecule has 0 saturated carbocycles. The summed E-state index contributed by atoms with van der Waals surface area (Å²) in [7, 11) is 0. The quantitative estimate of drug-likeness (QED) is 0.848. The number of H-pyrrole nitrogens is 1. The van der Waals surface area contributed by atoms with Gasteiger partial charge in [0.15, 0.2) is 5.82 Å². The molecule has 0 fully saturated rings. The van der Waals surface area contributed by atoms with Gasteiger partial charge in [0, 0.05) is 19.2 Å². The molecular formula is C12H16N6O. The van der Waals surface area contributed by atoms with Crippen molar-refractivity contribution in [3.8, 4) is 0 Å². The fourth-order valence-corrected chi connectivity index (χ4v) is 2.31. The van der Waals surface area contributed by atoms with E-state index in [2.05, 4.69) is 30.3 Å². The van der Waals surface area contributed by atoms with Crippen LogP contribution in [-0.4, -0.2) is 30.9 Å². The predicted octanol–water partition coefficient (Wildman–Crippen LogP) is 0.658. The van der Waals surface area contributed by atoms with Crippen LogP contribution in [0.2, 0.25) is 0 Å². The molecule has 1 amide bonds. The molecule has 1 aliphatic heterocycles. The van der Waals surface area contributed by atoms with Crippen molar-refractivity contribution < 1.29 is 4.79 Å². The SMILES string of the molecule is O=C(NCc1nnc2n1CCCCC2)c1ccn[nH]1. The molecular weight excluding hydrogens is 244 g/mol. The van der Waals surface area contributed by atoms with Crippen molar-refractivity contribution in [1.29, 1.82) is 0 Å². The van der Waals surface area contributed by atoms with Crippen LogP contribution in [0, 0.1) is 0 Å². The minimum absolute atomic E-state index is 0.177. The Morgan fingerprint density at radius 1 is 1.37 bits per heavy atom. The lowest BCUT2D eigenvalue weighted by Gasteiger charge is -2.07. The summed E-state index contributed by atoms with van der Waals surface area (Å²) in [4.78, 5) is 11.8. The van der Waals surface area contributed by atoms with Gasteiger partial charge in [-0.1, -0.05) is 6.42 Å². The summed E-state index contributed by atoms with van der Waals surface area (Å²) >= 11 is 0. The van der Waals surface area contributed by atoms with E-state index < -0.39 is 0 Å². The minimum Gasteiger partial charge on any atom is -0.343 e. The molecule has 2 aromatic rings. The molecule has 0 radical (unpaired) electrons. The molecule has 7 nitrogen and oxygen atoms in total. The monoisotopic (exact) mass is 260 g/mol. The number of aromatic amines is 1. The number of aryl methyl sites for hydroxylation is 1. The van der Waals surface area contributed by atoms with Crippen molar-refractivity contribution in [2.24, 2.45) is 0 Å². The van der Waals surface area contributed by atoms with Gasteiger partial charge in [0.1, 0.15) is 11.5 Å². The van der Waals surface area contributed by atoms with Crippen LogP contribution in [0.4, 0.5) is 0 Å². The molecule has 3 heterocycles. The molecule has 19 heavy (non-hydrogen) atoms. The molecule has 7 heteroatoms. The van der Waals surface area contributed by atoms with Crippen molar-refractivity contribution >= 4 is 5.91 Å². The van der Waals surface area contributed by atoms with Gasteiger partial charge in [0.25, 0.3) is 5.91 Å². The number of carbonyl (C=O) groups is 1. The molecule has 0 unspecified atom stereocenters. The number of amides is 1. The highest BCUT2D eigenvalue weighted by atomic mass is 16.1. The van der Waals surface area contributed by atoms with Crippen LogP contribution in [0.15, 0.2) is 12.3 Å². The van der Waals surface area contributed by atoms with Crippen molar-refractivity contribution in [2.45, 2.75) is 38.8 Å². The first kappa shape index (κ1) is 11.9. The summed E-state index contributed by atoms with van der Waals surface area (Å²) in [6.07, 6.45) is 6.06. The van der Waals surface area contributed by atoms with Crippen LogP contribution >= 0.6 is 0 Å². The lowest BCUT2D eigenvalue weighted by molar-refractivity contribution is 0.0944. The first-order valence-corrected chi connectivity index (χ1v) is 6.53. The van der Waals surface area contributed by atoms with E-state index >= 15 is 0 Å². The molecule has 0 bridgehead atoms. The Balaban J connectivity index is 1.67. The summed E-state index contributed by atoms with van der Waals surface area (Å²) in [5.74, 6) is 1.68. The smallest absolute Gasteiger partial charge is 0.269 e. The van der Waals surface area contributed by atoms with E-state index in [1.807, 2.05) is 0 Å². The number of aromatic nitrogens is 5. The van der Waals surface area contributed by atoms with E-state index in [9.17, 15) is 4.79 Å². The largest absolute Gasteiger partial charge is 0.343 e. The fourth-order valence-electron chi connectivity index (χ4n) is 2.31. The third-order valence-electron chi connectivity index (χ3n) is 3.34. The highest BCUT2D eigenvalue weighted by molar-refractivity contribution is 5.91. The Hall–Kier alpha value is -2.18. The Kier molecular flexibility index (Phi) is 3.26. The molecule has 100 valence electrons. The second-order valence-electron chi connectivity index (χ2n) is 4.65. The maximum atomic E-state index is 11.8. The van der Waals surface area contributed by atoms with Crippen LogP contribution in [0.25, 0.3) is 0 Å². The van der Waals surface area contributed by atoms with Gasteiger partial charge in [-0.15, -0.1) is 10.2 Å². The van der Waals surface area contributed by atoms with Gasteiger partial charge < -0.3 is 9.88 Å². The molecule has 0 atom stereocenters. The molecule has 2 N–H and O–H groups in total. The lowest BCUT2D eigenvalue weighted by atomic mass is 10.2. The van der Waals surface area contributed by atoms with E-state index in [4.69, 9.17) is 0 Å². The van der Waals surface area contributed by atoms with Gasteiger partial charge in [-0.2, -0.15) is 5.10 Å². The highest BCUT2D eigenvalue weighted by Crippen LogP contribution is 2.14. The zero-order valence-electron chi connectivity index (χ0n) is 10.6. The Morgan fingerprint density at radius 2 is 2.32 bits per heavy atom. The van der Waals surface area contributed by atoms with Crippen LogP contribution in [0.1, 0.15) is 41.4 Å². The predicted molar refractivity (Wildman–Crippen MR) is 67.3 cm³/mol. The van der Waals surface area contributed by atoms with Crippen molar-refractivity contribution in [3.05, 3.63) is 29.6 Å². The summed E-state index contributed by atoms with van der Waals surface area (Å²) in [6.45, 7) is 1.34.